The molecule has 1 rings (SSSR count). The number of thioether (sulfide) groups is 1. The van der Waals surface area contributed by atoms with Gasteiger partial charge in [0.05, 0.1) is 11.9 Å². The molecule has 3 nitrogen and oxygen atoms in total. The Morgan fingerprint density at radius 3 is 2.73 bits per heavy atom. The number of pyridine rings is 1. The van der Waals surface area contributed by atoms with Gasteiger partial charge in [-0.2, -0.15) is 11.8 Å². The van der Waals surface area contributed by atoms with Crippen LogP contribution >= 0.6 is 11.8 Å². The molecule has 0 saturated heterocycles. The summed E-state index contributed by atoms with van der Waals surface area (Å²) in [4.78, 5) is 4.27. The number of aryl methyl sites for hydroxylation is 1. The van der Waals surface area contributed by atoms with Gasteiger partial charge in [0, 0.05) is 11.3 Å². The topological polar surface area (TPSA) is 50.9 Å². The van der Waals surface area contributed by atoms with Crippen molar-refractivity contribution in [2.75, 3.05) is 23.9 Å². The molecule has 0 aliphatic rings. The zero-order valence-electron chi connectivity index (χ0n) is 9.79. The van der Waals surface area contributed by atoms with Gasteiger partial charge in [-0.3, -0.25) is 0 Å². The Labute approximate surface area is 95.9 Å². The minimum atomic E-state index is 0.218. The second-order valence-electron chi connectivity index (χ2n) is 4.25. The minimum absolute atomic E-state index is 0.218. The molecule has 0 spiro atoms. The lowest BCUT2D eigenvalue weighted by molar-refractivity contribution is 0.749. The highest BCUT2D eigenvalue weighted by atomic mass is 32.2. The predicted octanol–water partition coefficient (Wildman–Crippen LogP) is 2.53. The van der Waals surface area contributed by atoms with E-state index in [9.17, 15) is 0 Å². The number of hydrogen-bond acceptors (Lipinski definition) is 4. The van der Waals surface area contributed by atoms with E-state index in [0.29, 0.717) is 5.69 Å². The van der Waals surface area contributed by atoms with Crippen molar-refractivity contribution in [2.24, 2.45) is 0 Å². The third-order valence-electron chi connectivity index (χ3n) is 2.33. The molecule has 1 heterocycles. The standard InChI is InChI=1S/C11H19N3S/c1-8-5-9(12)6-13-10(8)14-7-11(2,3)15-4/h5-6H,7,12H2,1-4H3,(H,13,14). The van der Waals surface area contributed by atoms with Gasteiger partial charge in [0.25, 0.3) is 0 Å². The van der Waals surface area contributed by atoms with Gasteiger partial charge in [0.1, 0.15) is 5.82 Å². The molecule has 0 atom stereocenters. The SMILES string of the molecule is CSC(C)(C)CNc1ncc(N)cc1C. The molecule has 1 aromatic rings. The van der Waals surface area contributed by atoms with E-state index in [1.54, 1.807) is 6.20 Å². The van der Waals surface area contributed by atoms with Crippen molar-refractivity contribution < 1.29 is 0 Å². The maximum absolute atomic E-state index is 5.64. The van der Waals surface area contributed by atoms with Crippen LogP contribution in [0, 0.1) is 6.92 Å². The van der Waals surface area contributed by atoms with Crippen LogP contribution in [0.25, 0.3) is 0 Å². The zero-order valence-corrected chi connectivity index (χ0v) is 10.6. The van der Waals surface area contributed by atoms with Gasteiger partial charge in [-0.05, 0) is 38.7 Å². The molecular formula is C11H19N3S. The quantitative estimate of drug-likeness (QED) is 0.826. The van der Waals surface area contributed by atoms with E-state index in [1.807, 2.05) is 24.8 Å². The molecule has 84 valence electrons. The fraction of sp³-hybridized carbons (Fsp3) is 0.545. The lowest BCUT2D eigenvalue weighted by atomic mass is 10.2. The first-order chi connectivity index (χ1) is 6.94. The lowest BCUT2D eigenvalue weighted by Crippen LogP contribution is -2.26. The van der Waals surface area contributed by atoms with Crippen LogP contribution in [0.1, 0.15) is 19.4 Å². The Morgan fingerprint density at radius 2 is 2.20 bits per heavy atom. The summed E-state index contributed by atoms with van der Waals surface area (Å²) in [6.07, 6.45) is 3.80. The molecule has 0 unspecified atom stereocenters. The highest BCUT2D eigenvalue weighted by molar-refractivity contribution is 7.99. The summed E-state index contributed by atoms with van der Waals surface area (Å²) in [6, 6.07) is 1.93. The zero-order chi connectivity index (χ0) is 11.5. The fourth-order valence-electron chi connectivity index (χ4n) is 1.15. The number of hydrogen-bond donors (Lipinski definition) is 2. The number of nitrogen functional groups attached to an aromatic ring is 1. The number of aromatic nitrogens is 1. The van der Waals surface area contributed by atoms with E-state index >= 15 is 0 Å². The fourth-order valence-corrected chi connectivity index (χ4v) is 1.37. The second kappa shape index (κ2) is 4.75. The maximum Gasteiger partial charge on any atom is 0.129 e. The number of anilines is 2. The van der Waals surface area contributed by atoms with Gasteiger partial charge in [-0.15, -0.1) is 0 Å². The van der Waals surface area contributed by atoms with E-state index in [1.165, 1.54) is 0 Å². The van der Waals surface area contributed by atoms with Gasteiger partial charge in [-0.25, -0.2) is 4.98 Å². The van der Waals surface area contributed by atoms with Crippen LogP contribution < -0.4 is 11.1 Å². The Bertz CT molecular complexity index is 337. The van der Waals surface area contributed by atoms with Crippen molar-refractivity contribution in [3.63, 3.8) is 0 Å². The predicted molar refractivity (Wildman–Crippen MR) is 69.5 cm³/mol. The summed E-state index contributed by atoms with van der Waals surface area (Å²) in [6.45, 7) is 7.32. The molecule has 3 N–H and O–H groups in total. The average Bonchev–Trinajstić information content (AvgIpc) is 2.16. The molecule has 15 heavy (non-hydrogen) atoms. The summed E-state index contributed by atoms with van der Waals surface area (Å²) in [5.41, 5.74) is 7.44. The number of nitrogens with one attached hydrogen (secondary N) is 1. The largest absolute Gasteiger partial charge is 0.397 e. The molecule has 1 aromatic heterocycles. The van der Waals surface area contributed by atoms with Gasteiger partial charge < -0.3 is 11.1 Å². The summed E-state index contributed by atoms with van der Waals surface area (Å²) >= 11 is 1.84. The first-order valence-electron chi connectivity index (χ1n) is 4.96. The van der Waals surface area contributed by atoms with Crippen LogP contribution in [-0.2, 0) is 0 Å². The van der Waals surface area contributed by atoms with E-state index in [0.717, 1.165) is 17.9 Å². The Balaban J connectivity index is 2.66. The molecule has 0 aromatic carbocycles. The van der Waals surface area contributed by atoms with E-state index in [4.69, 9.17) is 5.73 Å². The molecule has 4 heteroatoms. The smallest absolute Gasteiger partial charge is 0.129 e. The third-order valence-corrected chi connectivity index (χ3v) is 3.58. The molecule has 0 saturated carbocycles. The molecule has 0 fully saturated rings. The van der Waals surface area contributed by atoms with Crippen LogP contribution in [0.15, 0.2) is 12.3 Å². The van der Waals surface area contributed by atoms with Gasteiger partial charge >= 0.3 is 0 Å². The Kier molecular flexibility index (Phi) is 3.85. The minimum Gasteiger partial charge on any atom is -0.397 e. The maximum atomic E-state index is 5.64. The first-order valence-corrected chi connectivity index (χ1v) is 6.18. The van der Waals surface area contributed by atoms with Crippen molar-refractivity contribution in [2.45, 2.75) is 25.5 Å². The van der Waals surface area contributed by atoms with Crippen LogP contribution in [0.4, 0.5) is 11.5 Å². The number of nitrogens with two attached hydrogens (primary N) is 1. The molecule has 0 aliphatic heterocycles. The van der Waals surface area contributed by atoms with Crippen LogP contribution in [0.5, 0.6) is 0 Å². The molecule has 0 bridgehead atoms. The van der Waals surface area contributed by atoms with Crippen LogP contribution in [-0.4, -0.2) is 22.5 Å². The summed E-state index contributed by atoms with van der Waals surface area (Å²) < 4.78 is 0.218. The van der Waals surface area contributed by atoms with E-state index < -0.39 is 0 Å². The van der Waals surface area contributed by atoms with Crippen LogP contribution in [0.3, 0.4) is 0 Å². The third kappa shape index (κ3) is 3.63. The van der Waals surface area contributed by atoms with Crippen molar-refractivity contribution >= 4 is 23.3 Å². The summed E-state index contributed by atoms with van der Waals surface area (Å²) in [7, 11) is 0. The van der Waals surface area contributed by atoms with Gasteiger partial charge in [0.2, 0.25) is 0 Å². The monoisotopic (exact) mass is 225 g/mol. The second-order valence-corrected chi connectivity index (χ2v) is 5.76. The normalized spacial score (nSPS) is 11.5. The summed E-state index contributed by atoms with van der Waals surface area (Å²) in [5, 5.41) is 3.34. The molecule has 0 amide bonds. The average molecular weight is 225 g/mol. The molecule has 0 aliphatic carbocycles. The first kappa shape index (κ1) is 12.2. The van der Waals surface area contributed by atoms with Crippen molar-refractivity contribution in [1.29, 1.82) is 0 Å². The molecular weight excluding hydrogens is 206 g/mol. The van der Waals surface area contributed by atoms with Crippen molar-refractivity contribution in [3.8, 4) is 0 Å². The molecule has 0 radical (unpaired) electrons. The Hall–Kier alpha value is -0.900. The van der Waals surface area contributed by atoms with Crippen molar-refractivity contribution in [1.82, 2.24) is 4.98 Å². The van der Waals surface area contributed by atoms with Gasteiger partial charge in [-0.1, -0.05) is 0 Å². The van der Waals surface area contributed by atoms with E-state index in [-0.39, 0.29) is 4.75 Å². The van der Waals surface area contributed by atoms with Crippen LogP contribution in [0.2, 0.25) is 0 Å². The van der Waals surface area contributed by atoms with Gasteiger partial charge in [0.15, 0.2) is 0 Å². The number of rotatable bonds is 4. The van der Waals surface area contributed by atoms with E-state index in [2.05, 4.69) is 30.4 Å². The lowest BCUT2D eigenvalue weighted by Gasteiger charge is -2.23. The highest BCUT2D eigenvalue weighted by Crippen LogP contribution is 2.22. The highest BCUT2D eigenvalue weighted by Gasteiger charge is 2.15. The number of nitrogens with zero attached hydrogens (tertiary/aromatic N) is 1. The summed E-state index contributed by atoms with van der Waals surface area (Å²) in [5.74, 6) is 0.923. The Morgan fingerprint density at radius 1 is 1.53 bits per heavy atom. The van der Waals surface area contributed by atoms with Crippen molar-refractivity contribution in [3.05, 3.63) is 17.8 Å².